The van der Waals surface area contributed by atoms with Crippen LogP contribution in [0.5, 0.6) is 0 Å². The molecule has 36 heavy (non-hydrogen) atoms. The zero-order valence-electron chi connectivity index (χ0n) is 20.7. The summed E-state index contributed by atoms with van der Waals surface area (Å²) < 4.78 is 24.2. The Morgan fingerprint density at radius 2 is 2.11 bits per heavy atom. The van der Waals surface area contributed by atoms with E-state index in [0.717, 1.165) is 29.7 Å². The van der Waals surface area contributed by atoms with Gasteiger partial charge in [-0.05, 0) is 88.1 Å². The molecule has 2 fully saturated rings. The summed E-state index contributed by atoms with van der Waals surface area (Å²) in [6, 6.07) is 10.2. The molecule has 7 heteroatoms. The highest BCUT2D eigenvalue weighted by Crippen LogP contribution is 2.40. The van der Waals surface area contributed by atoms with Crippen LogP contribution in [0.3, 0.4) is 0 Å². The largest absolute Gasteiger partial charge is 0.462 e. The first-order valence-electron chi connectivity index (χ1n) is 12.6. The van der Waals surface area contributed by atoms with Crippen LogP contribution in [-0.4, -0.2) is 35.8 Å². The number of esters is 1. The molecule has 1 saturated carbocycles. The van der Waals surface area contributed by atoms with Crippen molar-refractivity contribution in [1.29, 1.82) is 0 Å². The number of pyridine rings is 1. The minimum atomic E-state index is -0.413. The van der Waals surface area contributed by atoms with Gasteiger partial charge in [-0.25, -0.2) is 9.18 Å². The fourth-order valence-corrected chi connectivity index (χ4v) is 5.14. The second-order valence-corrected chi connectivity index (χ2v) is 9.38. The normalized spacial score (nSPS) is 26.8. The van der Waals surface area contributed by atoms with Crippen molar-refractivity contribution in [3.63, 3.8) is 0 Å². The second-order valence-electron chi connectivity index (χ2n) is 9.38. The number of fused-ring (bicyclic) bond motifs is 1. The predicted molar refractivity (Wildman–Crippen MR) is 136 cm³/mol. The van der Waals surface area contributed by atoms with Gasteiger partial charge in [0.2, 0.25) is 0 Å². The molecule has 4 rings (SSSR count). The number of nitrogens with one attached hydrogen (secondary N) is 1. The monoisotopic (exact) mass is 492 g/mol. The lowest BCUT2D eigenvalue weighted by Gasteiger charge is -2.29. The lowest BCUT2D eigenvalue weighted by atomic mass is 9.74. The Bertz CT molecular complexity index is 1070. The molecule has 1 aliphatic carbocycles. The Morgan fingerprint density at radius 3 is 2.86 bits per heavy atom. The molecule has 1 aliphatic heterocycles. The van der Waals surface area contributed by atoms with Gasteiger partial charge in [0.15, 0.2) is 0 Å². The number of rotatable bonds is 5. The summed E-state index contributed by atoms with van der Waals surface area (Å²) in [5.41, 5.74) is 2.40. The van der Waals surface area contributed by atoms with E-state index in [1.54, 1.807) is 19.2 Å². The van der Waals surface area contributed by atoms with E-state index < -0.39 is 6.09 Å². The van der Waals surface area contributed by atoms with Crippen LogP contribution in [0.2, 0.25) is 0 Å². The molecule has 6 nitrogen and oxygen atoms in total. The summed E-state index contributed by atoms with van der Waals surface area (Å²) in [7, 11) is 0. The predicted octanol–water partition coefficient (Wildman–Crippen LogP) is 5.79. The molecule has 0 unspecified atom stereocenters. The van der Waals surface area contributed by atoms with Gasteiger partial charge in [-0.1, -0.05) is 24.3 Å². The summed E-state index contributed by atoms with van der Waals surface area (Å²) in [6.45, 7) is 4.06. The van der Waals surface area contributed by atoms with Gasteiger partial charge in [0.05, 0.1) is 18.2 Å². The number of nitrogens with zero attached hydrogens (tertiary/aromatic N) is 1. The van der Waals surface area contributed by atoms with E-state index in [0.29, 0.717) is 19.4 Å². The van der Waals surface area contributed by atoms with Gasteiger partial charge in [0.25, 0.3) is 0 Å². The number of allylic oxidation sites excluding steroid dienone is 1. The third-order valence-corrected chi connectivity index (χ3v) is 6.91. The van der Waals surface area contributed by atoms with Crippen LogP contribution < -0.4 is 5.32 Å². The third kappa shape index (κ3) is 6.50. The van der Waals surface area contributed by atoms with Gasteiger partial charge >= 0.3 is 12.1 Å². The maximum absolute atomic E-state index is 13.6. The zero-order valence-corrected chi connectivity index (χ0v) is 20.7. The Balaban J connectivity index is 1.48. The summed E-state index contributed by atoms with van der Waals surface area (Å²) in [4.78, 5) is 29.1. The van der Waals surface area contributed by atoms with Crippen molar-refractivity contribution in [3.05, 3.63) is 73.0 Å². The number of carbonyl (C=O) groups is 2. The van der Waals surface area contributed by atoms with Gasteiger partial charge in [0.1, 0.15) is 11.9 Å². The first-order chi connectivity index (χ1) is 17.4. The van der Waals surface area contributed by atoms with Gasteiger partial charge in [0, 0.05) is 23.7 Å². The van der Waals surface area contributed by atoms with Crippen LogP contribution >= 0.6 is 0 Å². The molecular formula is C29H33FN2O4. The quantitative estimate of drug-likeness (QED) is 0.535. The maximum atomic E-state index is 13.6. The molecule has 2 aliphatic rings. The Kier molecular flexibility index (Phi) is 8.73. The molecule has 1 saturated heterocycles. The molecule has 0 bridgehead atoms. The highest BCUT2D eigenvalue weighted by Gasteiger charge is 2.45. The SMILES string of the molecule is CCOC(=O)N[C@H]1C[CH]C[C@H]2C(=O)O[C@@H](C)[C@H]2[C@H](/C=C/c2ccc(-c3cccc(F)c3)cn2)[CH]CC1. The van der Waals surface area contributed by atoms with Crippen LogP contribution in [-0.2, 0) is 14.3 Å². The number of alkyl carbamates (subject to hydrolysis) is 1. The van der Waals surface area contributed by atoms with E-state index in [4.69, 9.17) is 9.47 Å². The van der Waals surface area contributed by atoms with E-state index in [-0.39, 0.29) is 41.7 Å². The number of amides is 1. The van der Waals surface area contributed by atoms with Crippen molar-refractivity contribution in [3.8, 4) is 11.1 Å². The number of benzene rings is 1. The van der Waals surface area contributed by atoms with Gasteiger partial charge in [-0.3, -0.25) is 9.78 Å². The average molecular weight is 493 g/mol. The van der Waals surface area contributed by atoms with Gasteiger partial charge in [-0.2, -0.15) is 0 Å². The fraction of sp³-hybridized carbons (Fsp3) is 0.414. The number of carbonyl (C=O) groups excluding carboxylic acids is 2. The van der Waals surface area contributed by atoms with E-state index >= 15 is 0 Å². The van der Waals surface area contributed by atoms with Crippen LogP contribution in [0, 0.1) is 36.4 Å². The fourth-order valence-electron chi connectivity index (χ4n) is 5.14. The second kappa shape index (κ2) is 12.2. The highest BCUT2D eigenvalue weighted by atomic mass is 19.1. The Labute approximate surface area is 212 Å². The van der Waals surface area contributed by atoms with Crippen molar-refractivity contribution >= 4 is 18.1 Å². The first kappa shape index (κ1) is 25.9. The zero-order chi connectivity index (χ0) is 25.5. The van der Waals surface area contributed by atoms with E-state index in [9.17, 15) is 14.0 Å². The minimum Gasteiger partial charge on any atom is -0.462 e. The van der Waals surface area contributed by atoms with E-state index in [1.165, 1.54) is 12.1 Å². The number of hydrogen-bond acceptors (Lipinski definition) is 5. The number of hydrogen-bond donors (Lipinski definition) is 1. The van der Waals surface area contributed by atoms with E-state index in [2.05, 4.69) is 29.2 Å². The molecule has 1 aromatic carbocycles. The topological polar surface area (TPSA) is 77.5 Å². The summed E-state index contributed by atoms with van der Waals surface area (Å²) >= 11 is 0. The molecule has 2 aromatic rings. The van der Waals surface area contributed by atoms with Crippen LogP contribution in [0.4, 0.5) is 9.18 Å². The molecule has 1 N–H and O–H groups in total. The number of halogens is 1. The Morgan fingerprint density at radius 1 is 1.25 bits per heavy atom. The highest BCUT2D eigenvalue weighted by molar-refractivity contribution is 5.75. The smallest absolute Gasteiger partial charge is 0.407 e. The Hall–Kier alpha value is -3.22. The van der Waals surface area contributed by atoms with Crippen LogP contribution in [0.1, 0.15) is 45.2 Å². The van der Waals surface area contributed by atoms with Crippen molar-refractivity contribution in [2.75, 3.05) is 6.61 Å². The standard InChI is InChI=1S/C29H33FN2O4/c1-3-35-29(34)32-25-10-5-7-20(27-19(2)36-28(33)26(27)12-6-11-25)13-15-24-16-14-22(18-31-24)21-8-4-9-23(30)17-21/h4,6-9,13-20,25-27H,3,5,10-12H2,1-2H3,(H,32,34)/b15-13+/t19-,20-,25+,26+,27-/m0/s1. The van der Waals surface area contributed by atoms with Crippen LogP contribution in [0.25, 0.3) is 17.2 Å². The minimum absolute atomic E-state index is 0.0101. The first-order valence-corrected chi connectivity index (χ1v) is 12.6. The van der Waals surface area contributed by atoms with Crippen molar-refractivity contribution < 1.29 is 23.5 Å². The molecule has 190 valence electrons. The molecule has 2 radical (unpaired) electrons. The lowest BCUT2D eigenvalue weighted by molar-refractivity contribution is -0.143. The van der Waals surface area contributed by atoms with Crippen LogP contribution in [0.15, 0.2) is 48.7 Å². The van der Waals surface area contributed by atoms with Crippen molar-refractivity contribution in [2.24, 2.45) is 17.8 Å². The summed E-state index contributed by atoms with van der Waals surface area (Å²) in [5, 5.41) is 2.93. The lowest BCUT2D eigenvalue weighted by Crippen LogP contribution is -2.36. The van der Waals surface area contributed by atoms with E-state index in [1.807, 2.05) is 31.2 Å². The maximum Gasteiger partial charge on any atom is 0.407 e. The molecule has 5 atom stereocenters. The molecule has 1 aromatic heterocycles. The third-order valence-electron chi connectivity index (χ3n) is 6.91. The van der Waals surface area contributed by atoms with Gasteiger partial charge < -0.3 is 14.8 Å². The average Bonchev–Trinajstić information content (AvgIpc) is 3.14. The summed E-state index contributed by atoms with van der Waals surface area (Å²) in [6.07, 6.45) is 12.3. The molecule has 0 spiro atoms. The van der Waals surface area contributed by atoms with Crippen molar-refractivity contribution in [2.45, 2.75) is 51.7 Å². The van der Waals surface area contributed by atoms with Crippen molar-refractivity contribution in [1.82, 2.24) is 10.3 Å². The molecule has 1 amide bonds. The number of ether oxygens (including phenoxy) is 2. The summed E-state index contributed by atoms with van der Waals surface area (Å²) in [5.74, 6) is -0.627. The molecule has 2 heterocycles. The number of cyclic esters (lactones) is 1. The van der Waals surface area contributed by atoms with Gasteiger partial charge in [-0.15, -0.1) is 0 Å². The number of aromatic nitrogens is 1. The molecular weight excluding hydrogens is 459 g/mol.